The van der Waals surface area contributed by atoms with Crippen molar-refractivity contribution in [1.29, 1.82) is 0 Å². The van der Waals surface area contributed by atoms with Crippen molar-refractivity contribution >= 4 is 17.7 Å². The zero-order valence-corrected chi connectivity index (χ0v) is 16.4. The van der Waals surface area contributed by atoms with Crippen LogP contribution in [0, 0.1) is 16.7 Å². The number of primary amides is 1. The van der Waals surface area contributed by atoms with Crippen molar-refractivity contribution in [3.8, 4) is 0 Å². The second-order valence-corrected chi connectivity index (χ2v) is 8.22. The number of rotatable bonds is 6. The van der Waals surface area contributed by atoms with Gasteiger partial charge in [0.2, 0.25) is 11.8 Å². The summed E-state index contributed by atoms with van der Waals surface area (Å²) in [5.41, 5.74) is 4.88. The molecule has 160 valence electrons. The highest BCUT2D eigenvalue weighted by Gasteiger charge is 2.79. The Balaban J connectivity index is 1.89. The number of nitrogens with two attached hydrogens (primary N) is 1. The number of fused-ring (bicyclic) bond motifs is 1. The van der Waals surface area contributed by atoms with Crippen molar-refractivity contribution in [3.05, 3.63) is 18.5 Å². The molecule has 29 heavy (non-hydrogen) atoms. The zero-order chi connectivity index (χ0) is 21.8. The number of alkyl halides is 3. The molecule has 8 nitrogen and oxygen atoms in total. The van der Waals surface area contributed by atoms with Crippen LogP contribution in [0.15, 0.2) is 18.5 Å². The first-order chi connectivity index (χ1) is 13.4. The largest absolute Gasteiger partial charge is 0.471 e. The van der Waals surface area contributed by atoms with Crippen molar-refractivity contribution in [1.82, 2.24) is 20.0 Å². The monoisotopic (exact) mass is 415 g/mol. The lowest BCUT2D eigenvalue weighted by Crippen LogP contribution is -2.59. The van der Waals surface area contributed by atoms with Crippen LogP contribution in [0.2, 0.25) is 0 Å². The molecule has 2 heterocycles. The first-order valence-corrected chi connectivity index (χ1v) is 9.32. The van der Waals surface area contributed by atoms with E-state index >= 15 is 0 Å². The van der Waals surface area contributed by atoms with E-state index in [9.17, 15) is 27.6 Å². The van der Waals surface area contributed by atoms with Gasteiger partial charge in [-0.05, 0) is 23.8 Å². The molecule has 2 fully saturated rings. The van der Waals surface area contributed by atoms with Gasteiger partial charge in [-0.1, -0.05) is 20.8 Å². The highest BCUT2D eigenvalue weighted by molar-refractivity contribution is 5.94. The fourth-order valence-electron chi connectivity index (χ4n) is 5.26. The number of nitrogens with zero attached hydrogens (tertiary/aromatic N) is 3. The topological polar surface area (TPSA) is 110 Å². The maximum absolute atomic E-state index is 13.2. The second kappa shape index (κ2) is 6.74. The average Bonchev–Trinajstić information content (AvgIpc) is 3.06. The summed E-state index contributed by atoms with van der Waals surface area (Å²) >= 11 is 0. The molecule has 1 saturated carbocycles. The smallest absolute Gasteiger partial charge is 0.368 e. The number of nitrogens with one attached hydrogen (secondary N) is 1. The Kier molecular flexibility index (Phi) is 4.91. The molecule has 1 saturated heterocycles. The molecule has 1 aliphatic carbocycles. The van der Waals surface area contributed by atoms with E-state index < -0.39 is 41.4 Å². The lowest BCUT2D eigenvalue weighted by atomic mass is 9.84. The van der Waals surface area contributed by atoms with Crippen molar-refractivity contribution < 1.29 is 27.6 Å². The molecule has 3 N–H and O–H groups in total. The molecule has 3 rings (SSSR count). The first-order valence-electron chi connectivity index (χ1n) is 9.32. The normalized spacial score (nSPS) is 28.6. The lowest BCUT2D eigenvalue weighted by molar-refractivity contribution is -0.175. The van der Waals surface area contributed by atoms with E-state index in [0.29, 0.717) is 6.42 Å². The van der Waals surface area contributed by atoms with Gasteiger partial charge in [-0.2, -0.15) is 18.3 Å². The minimum absolute atomic E-state index is 0.00474. The highest BCUT2D eigenvalue weighted by Crippen LogP contribution is 2.76. The van der Waals surface area contributed by atoms with Crippen LogP contribution in [0.5, 0.6) is 0 Å². The quantitative estimate of drug-likeness (QED) is 0.712. The van der Waals surface area contributed by atoms with Crippen LogP contribution in [-0.4, -0.2) is 57.2 Å². The van der Waals surface area contributed by atoms with E-state index in [1.165, 1.54) is 22.0 Å². The van der Waals surface area contributed by atoms with Gasteiger partial charge in [0, 0.05) is 24.4 Å². The van der Waals surface area contributed by atoms with E-state index in [-0.39, 0.29) is 24.4 Å². The number of amides is 3. The first kappa shape index (κ1) is 21.1. The average molecular weight is 415 g/mol. The molecular formula is C18H24F3N5O3. The number of halogens is 3. The Bertz CT molecular complexity index is 823. The summed E-state index contributed by atoms with van der Waals surface area (Å²) in [6.45, 7) is 5.78. The number of carbonyl (C=O) groups is 3. The fraction of sp³-hybridized carbons (Fsp3) is 0.667. The SMILES string of the molecule is CCC12C(C(N)=O)N(C(=O)[C@H](Cn3cccn3)NC(=O)C(F)(F)F)CC1C2(C)C. The summed E-state index contributed by atoms with van der Waals surface area (Å²) < 4.78 is 39.6. The Morgan fingerprint density at radius 3 is 2.48 bits per heavy atom. The van der Waals surface area contributed by atoms with Crippen LogP contribution in [0.4, 0.5) is 13.2 Å². The van der Waals surface area contributed by atoms with E-state index in [2.05, 4.69) is 5.10 Å². The van der Waals surface area contributed by atoms with E-state index in [1.807, 2.05) is 20.8 Å². The molecule has 4 atom stereocenters. The minimum Gasteiger partial charge on any atom is -0.368 e. The third kappa shape index (κ3) is 3.16. The molecule has 0 aromatic carbocycles. The molecule has 1 aromatic heterocycles. The lowest BCUT2D eigenvalue weighted by Gasteiger charge is -2.36. The summed E-state index contributed by atoms with van der Waals surface area (Å²) in [4.78, 5) is 38.2. The highest BCUT2D eigenvalue weighted by atomic mass is 19.4. The van der Waals surface area contributed by atoms with Gasteiger partial charge < -0.3 is 16.0 Å². The number of aromatic nitrogens is 2. The summed E-state index contributed by atoms with van der Waals surface area (Å²) in [5.74, 6) is -3.70. The Morgan fingerprint density at radius 2 is 2.00 bits per heavy atom. The molecule has 11 heteroatoms. The van der Waals surface area contributed by atoms with Gasteiger partial charge in [0.25, 0.3) is 0 Å². The van der Waals surface area contributed by atoms with Crippen LogP contribution in [0.1, 0.15) is 27.2 Å². The van der Waals surface area contributed by atoms with Crippen LogP contribution in [-0.2, 0) is 20.9 Å². The number of hydrogen-bond acceptors (Lipinski definition) is 4. The van der Waals surface area contributed by atoms with Crippen LogP contribution < -0.4 is 11.1 Å². The van der Waals surface area contributed by atoms with Crippen molar-refractivity contribution in [2.75, 3.05) is 6.54 Å². The fourth-order valence-corrected chi connectivity index (χ4v) is 5.26. The van der Waals surface area contributed by atoms with E-state index in [1.54, 1.807) is 11.4 Å². The number of likely N-dealkylation sites (tertiary alicyclic amines) is 1. The molecule has 0 bridgehead atoms. The zero-order valence-electron chi connectivity index (χ0n) is 16.4. The Morgan fingerprint density at radius 1 is 1.34 bits per heavy atom. The predicted molar refractivity (Wildman–Crippen MR) is 94.9 cm³/mol. The predicted octanol–water partition coefficient (Wildman–Crippen LogP) is 0.679. The van der Waals surface area contributed by atoms with Crippen molar-refractivity contribution in [2.45, 2.75) is 52.0 Å². The molecule has 2 aliphatic rings. The standard InChI is InChI=1S/C18H24F3N5O3/c1-4-17-11(16(17,2)3)9-26(12(17)13(22)27)14(28)10(8-25-7-5-6-23-25)24-15(29)18(19,20)21/h5-7,10-12H,4,8-9H2,1-3H3,(H2,22,27)(H,24,29)/t10-,11?,12?,17?/m0/s1. The maximum Gasteiger partial charge on any atom is 0.471 e. The van der Waals surface area contributed by atoms with E-state index in [0.717, 1.165) is 0 Å². The van der Waals surface area contributed by atoms with Gasteiger partial charge in [0.15, 0.2) is 0 Å². The van der Waals surface area contributed by atoms with Crippen molar-refractivity contribution in [3.63, 3.8) is 0 Å². The van der Waals surface area contributed by atoms with Gasteiger partial charge in [0.05, 0.1) is 6.54 Å². The molecule has 1 aromatic rings. The molecule has 3 unspecified atom stereocenters. The molecule has 0 spiro atoms. The van der Waals surface area contributed by atoms with Crippen molar-refractivity contribution in [2.24, 2.45) is 22.5 Å². The van der Waals surface area contributed by atoms with E-state index in [4.69, 9.17) is 5.73 Å². The molecule has 3 amide bonds. The third-order valence-corrected chi connectivity index (χ3v) is 6.72. The molecule has 0 radical (unpaired) electrons. The summed E-state index contributed by atoms with van der Waals surface area (Å²) in [6.07, 6.45) is -1.69. The summed E-state index contributed by atoms with van der Waals surface area (Å²) in [7, 11) is 0. The maximum atomic E-state index is 13.2. The minimum atomic E-state index is -5.15. The summed E-state index contributed by atoms with van der Waals surface area (Å²) in [5, 5.41) is 5.63. The summed E-state index contributed by atoms with van der Waals surface area (Å²) in [6, 6.07) is -0.942. The van der Waals surface area contributed by atoms with Gasteiger partial charge in [0.1, 0.15) is 12.1 Å². The van der Waals surface area contributed by atoms with Gasteiger partial charge in [-0.15, -0.1) is 0 Å². The van der Waals surface area contributed by atoms with Gasteiger partial charge >= 0.3 is 12.1 Å². The van der Waals surface area contributed by atoms with Gasteiger partial charge in [-0.25, -0.2) is 0 Å². The van der Waals surface area contributed by atoms with Crippen LogP contribution in [0.3, 0.4) is 0 Å². The number of carbonyl (C=O) groups excluding carboxylic acids is 3. The number of piperidine rings is 1. The second-order valence-electron chi connectivity index (χ2n) is 8.22. The van der Waals surface area contributed by atoms with Gasteiger partial charge in [-0.3, -0.25) is 19.1 Å². The number of hydrogen-bond donors (Lipinski definition) is 2. The Labute approximate surface area is 165 Å². The third-order valence-electron chi connectivity index (χ3n) is 6.72. The molecule has 1 aliphatic heterocycles. The van der Waals surface area contributed by atoms with Crippen LogP contribution >= 0.6 is 0 Å². The molecular weight excluding hydrogens is 391 g/mol. The van der Waals surface area contributed by atoms with Crippen LogP contribution in [0.25, 0.3) is 0 Å². The Hall–Kier alpha value is -2.59.